The second-order valence-corrected chi connectivity index (χ2v) is 2.64. The molecule has 2 nitrogen and oxygen atoms in total. The van der Waals surface area contributed by atoms with Gasteiger partial charge in [-0.2, -0.15) is 0 Å². The lowest BCUT2D eigenvalue weighted by atomic mass is 10.2. The molecule has 0 aliphatic carbocycles. The van der Waals surface area contributed by atoms with Gasteiger partial charge >= 0.3 is 0 Å². The van der Waals surface area contributed by atoms with E-state index in [-0.39, 0.29) is 0 Å². The van der Waals surface area contributed by atoms with Crippen LogP contribution in [0.2, 0.25) is 0 Å². The van der Waals surface area contributed by atoms with Crippen LogP contribution in [-0.4, -0.2) is 9.55 Å². The van der Waals surface area contributed by atoms with Crippen LogP contribution in [0.3, 0.4) is 0 Å². The third-order valence-corrected chi connectivity index (χ3v) is 1.74. The van der Waals surface area contributed by atoms with Crippen molar-refractivity contribution in [2.24, 2.45) is 0 Å². The Bertz CT molecular complexity index is 346. The summed E-state index contributed by atoms with van der Waals surface area (Å²) in [5.41, 5.74) is 2.14. The van der Waals surface area contributed by atoms with Gasteiger partial charge in [0, 0.05) is 18.1 Å². The first-order valence-corrected chi connectivity index (χ1v) is 3.76. The minimum absolute atomic E-state index is 1.03. The maximum absolute atomic E-state index is 3.97. The van der Waals surface area contributed by atoms with Crippen LogP contribution in [0.15, 0.2) is 43.0 Å². The van der Waals surface area contributed by atoms with E-state index in [4.69, 9.17) is 0 Å². The van der Waals surface area contributed by atoms with Crippen molar-refractivity contribution in [1.29, 1.82) is 0 Å². The molecule has 0 aliphatic heterocycles. The Morgan fingerprint density at radius 1 is 1.17 bits per heavy atom. The zero-order valence-electron chi connectivity index (χ0n) is 6.64. The van der Waals surface area contributed by atoms with Gasteiger partial charge in [0.25, 0.3) is 0 Å². The van der Waals surface area contributed by atoms with Gasteiger partial charge in [-0.3, -0.25) is 0 Å². The number of aromatic nitrogens is 2. The molecule has 0 unspecified atom stereocenters. The molecule has 2 heteroatoms. The molecule has 0 saturated heterocycles. The molecule has 0 saturated carbocycles. The van der Waals surface area contributed by atoms with Gasteiger partial charge in [0.15, 0.2) is 0 Å². The Morgan fingerprint density at radius 3 is 2.50 bits per heavy atom. The minimum atomic E-state index is 1.03. The second-order valence-electron chi connectivity index (χ2n) is 2.64. The van der Waals surface area contributed by atoms with Crippen molar-refractivity contribution in [3.05, 3.63) is 55.5 Å². The number of benzene rings is 1. The van der Waals surface area contributed by atoms with Crippen LogP contribution < -0.4 is 0 Å². The van der Waals surface area contributed by atoms with E-state index < -0.39 is 0 Å². The molecular formula is C10H9N2. The van der Waals surface area contributed by atoms with E-state index in [1.807, 2.05) is 35.0 Å². The third-order valence-electron chi connectivity index (χ3n) is 1.74. The zero-order valence-corrected chi connectivity index (χ0v) is 6.64. The predicted octanol–water partition coefficient (Wildman–Crippen LogP) is 2.05. The van der Waals surface area contributed by atoms with Crippen LogP contribution >= 0.6 is 0 Å². The second kappa shape index (κ2) is 2.81. The van der Waals surface area contributed by atoms with Crippen molar-refractivity contribution >= 4 is 0 Å². The van der Waals surface area contributed by atoms with Crippen molar-refractivity contribution in [1.82, 2.24) is 9.55 Å². The summed E-state index contributed by atoms with van der Waals surface area (Å²) in [5, 5.41) is 0. The molecule has 12 heavy (non-hydrogen) atoms. The van der Waals surface area contributed by atoms with Gasteiger partial charge in [-0.05, 0) is 24.6 Å². The highest BCUT2D eigenvalue weighted by Gasteiger charge is 1.92. The van der Waals surface area contributed by atoms with E-state index in [1.165, 1.54) is 0 Å². The number of rotatable bonds is 1. The zero-order chi connectivity index (χ0) is 8.39. The summed E-state index contributed by atoms with van der Waals surface area (Å²) < 4.78 is 1.96. The summed E-state index contributed by atoms with van der Waals surface area (Å²) in [6.45, 7) is 3.82. The average Bonchev–Trinajstić information content (AvgIpc) is 2.58. The lowest BCUT2D eigenvalue weighted by molar-refractivity contribution is 1.06. The molecular weight excluding hydrogens is 148 g/mol. The molecule has 59 valence electrons. The first-order chi connectivity index (χ1) is 5.86. The molecule has 0 spiro atoms. The first kappa shape index (κ1) is 7.10. The van der Waals surface area contributed by atoms with Crippen molar-refractivity contribution in [2.75, 3.05) is 0 Å². The van der Waals surface area contributed by atoms with Crippen molar-refractivity contribution in [2.45, 2.75) is 0 Å². The van der Waals surface area contributed by atoms with Crippen LogP contribution in [-0.2, 0) is 0 Å². The lowest BCUT2D eigenvalue weighted by Crippen LogP contribution is -1.88. The summed E-state index contributed by atoms with van der Waals surface area (Å²) in [6, 6.07) is 8.00. The van der Waals surface area contributed by atoms with E-state index >= 15 is 0 Å². The highest BCUT2D eigenvalue weighted by Crippen LogP contribution is 2.07. The molecule has 2 aromatic rings. The van der Waals surface area contributed by atoms with Crippen LogP contribution in [0, 0.1) is 6.92 Å². The Kier molecular flexibility index (Phi) is 1.67. The molecule has 0 amide bonds. The molecule has 0 atom stereocenters. The van der Waals surface area contributed by atoms with Crippen LogP contribution in [0.1, 0.15) is 5.56 Å². The number of imidazole rings is 1. The molecule has 0 bridgehead atoms. The Morgan fingerprint density at radius 2 is 1.92 bits per heavy atom. The Hall–Kier alpha value is -1.57. The highest BCUT2D eigenvalue weighted by molar-refractivity contribution is 5.35. The molecule has 0 N–H and O–H groups in total. The molecule has 1 radical (unpaired) electrons. The molecule has 1 heterocycles. The predicted molar refractivity (Wildman–Crippen MR) is 48.0 cm³/mol. The van der Waals surface area contributed by atoms with Gasteiger partial charge in [-0.25, -0.2) is 4.98 Å². The van der Waals surface area contributed by atoms with Crippen LogP contribution in [0.25, 0.3) is 5.69 Å². The van der Waals surface area contributed by atoms with Gasteiger partial charge in [-0.1, -0.05) is 12.1 Å². The summed E-state index contributed by atoms with van der Waals surface area (Å²) in [5.74, 6) is 0. The molecule has 0 aliphatic rings. The van der Waals surface area contributed by atoms with Gasteiger partial charge in [0.05, 0.1) is 6.33 Å². The molecule has 1 aromatic carbocycles. The van der Waals surface area contributed by atoms with Gasteiger partial charge in [-0.15, -0.1) is 0 Å². The van der Waals surface area contributed by atoms with Crippen molar-refractivity contribution in [3.63, 3.8) is 0 Å². The van der Waals surface area contributed by atoms with Crippen molar-refractivity contribution < 1.29 is 0 Å². The summed E-state index contributed by atoms with van der Waals surface area (Å²) in [6.07, 6.45) is 5.45. The quantitative estimate of drug-likeness (QED) is 0.619. The normalized spacial score (nSPS) is 10.1. The van der Waals surface area contributed by atoms with E-state index in [2.05, 4.69) is 11.9 Å². The smallest absolute Gasteiger partial charge is 0.0991 e. The minimum Gasteiger partial charge on any atom is -0.306 e. The maximum Gasteiger partial charge on any atom is 0.0991 e. The standard InChI is InChI=1S/C10H9N2/c1-9-2-4-10(5-3-9)12-7-6-11-8-12/h2-8H,1H2. The molecule has 0 fully saturated rings. The van der Waals surface area contributed by atoms with E-state index in [9.17, 15) is 0 Å². The summed E-state index contributed by atoms with van der Waals surface area (Å²) in [7, 11) is 0. The van der Waals surface area contributed by atoms with Crippen LogP contribution in [0.4, 0.5) is 0 Å². The number of hydrogen-bond acceptors (Lipinski definition) is 1. The van der Waals surface area contributed by atoms with E-state index in [1.54, 1.807) is 12.5 Å². The maximum atomic E-state index is 3.97. The van der Waals surface area contributed by atoms with Gasteiger partial charge in [0.1, 0.15) is 0 Å². The fourth-order valence-electron chi connectivity index (χ4n) is 1.08. The highest BCUT2D eigenvalue weighted by atomic mass is 15.0. The largest absolute Gasteiger partial charge is 0.306 e. The molecule has 2 rings (SSSR count). The Balaban J connectivity index is 2.43. The first-order valence-electron chi connectivity index (χ1n) is 3.76. The van der Waals surface area contributed by atoms with E-state index in [0.717, 1.165) is 11.3 Å². The van der Waals surface area contributed by atoms with Crippen molar-refractivity contribution in [3.8, 4) is 5.69 Å². The number of nitrogens with zero attached hydrogens (tertiary/aromatic N) is 2. The topological polar surface area (TPSA) is 17.8 Å². The van der Waals surface area contributed by atoms with E-state index in [0.29, 0.717) is 0 Å². The fraction of sp³-hybridized carbons (Fsp3) is 0. The molecule has 1 aromatic heterocycles. The lowest BCUT2D eigenvalue weighted by Gasteiger charge is -2.00. The van der Waals surface area contributed by atoms with Gasteiger partial charge < -0.3 is 4.57 Å². The Labute approximate surface area is 71.5 Å². The SMILES string of the molecule is [CH2]c1ccc(-n2ccnc2)cc1. The average molecular weight is 157 g/mol. The van der Waals surface area contributed by atoms with Gasteiger partial charge in [0.2, 0.25) is 0 Å². The fourth-order valence-corrected chi connectivity index (χ4v) is 1.08. The third kappa shape index (κ3) is 1.23. The monoisotopic (exact) mass is 157 g/mol. The summed E-state index contributed by atoms with van der Waals surface area (Å²) in [4.78, 5) is 3.97. The summed E-state index contributed by atoms with van der Waals surface area (Å²) >= 11 is 0. The number of hydrogen-bond donors (Lipinski definition) is 0. The van der Waals surface area contributed by atoms with Crippen LogP contribution in [0.5, 0.6) is 0 Å².